The van der Waals surface area contributed by atoms with Gasteiger partial charge < -0.3 is 14.4 Å². The number of ether oxygens (including phenoxy) is 2. The highest BCUT2D eigenvalue weighted by atomic mass is 16.5. The van der Waals surface area contributed by atoms with Gasteiger partial charge in [-0.1, -0.05) is 45.4 Å². The molecule has 0 spiro atoms. The van der Waals surface area contributed by atoms with E-state index in [1.807, 2.05) is 4.90 Å². The van der Waals surface area contributed by atoms with Gasteiger partial charge in [-0.05, 0) is 32.1 Å². The standard InChI is InChI=1S/C21H39NO4/c1-3-5-17-25-18-9-15-22(16-14-21(24)26-4-2)20(23)13-12-19-10-7-6-8-11-19/h19H,3-18H2,1-2H3. The van der Waals surface area contributed by atoms with Gasteiger partial charge in [-0.15, -0.1) is 0 Å². The molecular weight excluding hydrogens is 330 g/mol. The zero-order chi connectivity index (χ0) is 19.0. The zero-order valence-corrected chi connectivity index (χ0v) is 17.0. The van der Waals surface area contributed by atoms with E-state index in [0.717, 1.165) is 32.3 Å². The SMILES string of the molecule is CCCCOCCCN(CCC(=O)OCC)C(=O)CCC1CCCCC1. The van der Waals surface area contributed by atoms with Crippen molar-refractivity contribution < 1.29 is 19.1 Å². The highest BCUT2D eigenvalue weighted by Gasteiger charge is 2.19. The summed E-state index contributed by atoms with van der Waals surface area (Å²) in [5.74, 6) is 0.655. The van der Waals surface area contributed by atoms with E-state index in [1.54, 1.807) is 6.92 Å². The largest absolute Gasteiger partial charge is 0.466 e. The van der Waals surface area contributed by atoms with Crippen LogP contribution < -0.4 is 0 Å². The van der Waals surface area contributed by atoms with E-state index >= 15 is 0 Å². The molecule has 1 aliphatic rings. The molecule has 0 aromatic heterocycles. The lowest BCUT2D eigenvalue weighted by Crippen LogP contribution is -2.35. The molecule has 0 N–H and O–H groups in total. The lowest BCUT2D eigenvalue weighted by molar-refractivity contribution is -0.144. The van der Waals surface area contributed by atoms with Crippen molar-refractivity contribution in [3.05, 3.63) is 0 Å². The Balaban J connectivity index is 2.35. The summed E-state index contributed by atoms with van der Waals surface area (Å²) in [5.41, 5.74) is 0. The lowest BCUT2D eigenvalue weighted by atomic mass is 9.86. The summed E-state index contributed by atoms with van der Waals surface area (Å²) >= 11 is 0. The number of amides is 1. The first-order chi connectivity index (χ1) is 12.7. The molecule has 0 radical (unpaired) electrons. The summed E-state index contributed by atoms with van der Waals surface area (Å²) in [6.45, 7) is 6.91. The number of carbonyl (C=O) groups is 2. The molecule has 0 aromatic carbocycles. The molecule has 1 amide bonds. The highest BCUT2D eigenvalue weighted by molar-refractivity contribution is 5.77. The molecular formula is C21H39NO4. The minimum absolute atomic E-state index is 0.174. The van der Waals surface area contributed by atoms with Crippen LogP contribution in [0.1, 0.15) is 84.5 Å². The molecule has 1 saturated carbocycles. The fraction of sp³-hybridized carbons (Fsp3) is 0.905. The summed E-state index contributed by atoms with van der Waals surface area (Å²) < 4.78 is 10.6. The summed E-state index contributed by atoms with van der Waals surface area (Å²) in [7, 11) is 0. The first-order valence-corrected chi connectivity index (χ1v) is 10.7. The van der Waals surface area contributed by atoms with E-state index in [-0.39, 0.29) is 18.3 Å². The summed E-state index contributed by atoms with van der Waals surface area (Å²) in [6, 6.07) is 0. The Hall–Kier alpha value is -1.10. The van der Waals surface area contributed by atoms with Gasteiger partial charge in [0.1, 0.15) is 0 Å². The molecule has 1 rings (SSSR count). The van der Waals surface area contributed by atoms with Crippen molar-refractivity contribution in [3.63, 3.8) is 0 Å². The first-order valence-electron chi connectivity index (χ1n) is 10.7. The molecule has 0 saturated heterocycles. The van der Waals surface area contributed by atoms with Crippen molar-refractivity contribution in [1.82, 2.24) is 4.90 Å². The fourth-order valence-corrected chi connectivity index (χ4v) is 3.49. The first kappa shape index (κ1) is 22.9. The quantitative estimate of drug-likeness (QED) is 0.338. The smallest absolute Gasteiger partial charge is 0.307 e. The Labute approximate surface area is 159 Å². The second kappa shape index (κ2) is 15.0. The zero-order valence-electron chi connectivity index (χ0n) is 17.0. The second-order valence-electron chi connectivity index (χ2n) is 7.30. The van der Waals surface area contributed by atoms with Gasteiger partial charge in [0.15, 0.2) is 0 Å². The van der Waals surface area contributed by atoms with Crippen LogP contribution in [0.2, 0.25) is 0 Å². The Bertz CT molecular complexity index is 380. The van der Waals surface area contributed by atoms with Gasteiger partial charge in [-0.25, -0.2) is 0 Å². The van der Waals surface area contributed by atoms with Crippen LogP contribution in [0.15, 0.2) is 0 Å². The summed E-state index contributed by atoms with van der Waals surface area (Å²) in [5, 5.41) is 0. The molecule has 26 heavy (non-hydrogen) atoms. The van der Waals surface area contributed by atoms with Gasteiger partial charge in [0.25, 0.3) is 0 Å². The van der Waals surface area contributed by atoms with Crippen molar-refractivity contribution in [2.75, 3.05) is 32.9 Å². The molecule has 152 valence electrons. The molecule has 0 atom stereocenters. The monoisotopic (exact) mass is 369 g/mol. The molecule has 0 aromatic rings. The van der Waals surface area contributed by atoms with E-state index in [2.05, 4.69) is 6.92 Å². The maximum absolute atomic E-state index is 12.7. The van der Waals surface area contributed by atoms with Crippen molar-refractivity contribution in [1.29, 1.82) is 0 Å². The van der Waals surface area contributed by atoms with E-state index in [0.29, 0.717) is 38.6 Å². The van der Waals surface area contributed by atoms with E-state index in [9.17, 15) is 9.59 Å². The van der Waals surface area contributed by atoms with Crippen molar-refractivity contribution >= 4 is 11.9 Å². The number of rotatable bonds is 14. The minimum Gasteiger partial charge on any atom is -0.466 e. The topological polar surface area (TPSA) is 55.8 Å². The van der Waals surface area contributed by atoms with Gasteiger partial charge in [-0.3, -0.25) is 9.59 Å². The third kappa shape index (κ3) is 10.8. The average molecular weight is 370 g/mol. The maximum Gasteiger partial charge on any atom is 0.307 e. The molecule has 0 bridgehead atoms. The van der Waals surface area contributed by atoms with Crippen LogP contribution in [0.5, 0.6) is 0 Å². The van der Waals surface area contributed by atoms with Crippen molar-refractivity contribution in [2.45, 2.75) is 84.5 Å². The molecule has 0 heterocycles. The second-order valence-corrected chi connectivity index (χ2v) is 7.30. The maximum atomic E-state index is 12.7. The molecule has 5 nitrogen and oxygen atoms in total. The normalized spacial score (nSPS) is 15.0. The van der Waals surface area contributed by atoms with Gasteiger partial charge in [-0.2, -0.15) is 0 Å². The molecule has 0 aliphatic heterocycles. The Morgan fingerprint density at radius 2 is 1.69 bits per heavy atom. The predicted octanol–water partition coefficient (Wildman–Crippen LogP) is 4.34. The Kier molecular flexibility index (Phi) is 13.2. The van der Waals surface area contributed by atoms with Crippen LogP contribution >= 0.6 is 0 Å². The van der Waals surface area contributed by atoms with E-state index in [1.165, 1.54) is 32.1 Å². The fourth-order valence-electron chi connectivity index (χ4n) is 3.49. The van der Waals surface area contributed by atoms with Gasteiger partial charge in [0.05, 0.1) is 13.0 Å². The van der Waals surface area contributed by atoms with Crippen molar-refractivity contribution in [2.24, 2.45) is 5.92 Å². The third-order valence-electron chi connectivity index (χ3n) is 5.09. The Morgan fingerprint density at radius 3 is 2.38 bits per heavy atom. The predicted molar refractivity (Wildman–Crippen MR) is 104 cm³/mol. The summed E-state index contributed by atoms with van der Waals surface area (Å²) in [6.07, 6.45) is 11.4. The third-order valence-corrected chi connectivity index (χ3v) is 5.09. The Morgan fingerprint density at radius 1 is 0.962 bits per heavy atom. The number of hydrogen-bond donors (Lipinski definition) is 0. The molecule has 1 aliphatic carbocycles. The van der Waals surface area contributed by atoms with Crippen LogP contribution in [0.25, 0.3) is 0 Å². The number of carbonyl (C=O) groups excluding carboxylic acids is 2. The van der Waals surface area contributed by atoms with Crippen LogP contribution in [-0.4, -0.2) is 49.7 Å². The van der Waals surface area contributed by atoms with Gasteiger partial charge >= 0.3 is 5.97 Å². The molecule has 5 heteroatoms. The molecule has 1 fully saturated rings. The van der Waals surface area contributed by atoms with Crippen LogP contribution in [0.4, 0.5) is 0 Å². The molecule has 0 unspecified atom stereocenters. The van der Waals surface area contributed by atoms with Gasteiger partial charge in [0.2, 0.25) is 5.91 Å². The van der Waals surface area contributed by atoms with E-state index in [4.69, 9.17) is 9.47 Å². The number of unbranched alkanes of at least 4 members (excludes halogenated alkanes) is 1. The average Bonchev–Trinajstić information content (AvgIpc) is 2.66. The van der Waals surface area contributed by atoms with E-state index < -0.39 is 0 Å². The van der Waals surface area contributed by atoms with Crippen LogP contribution in [0.3, 0.4) is 0 Å². The number of hydrogen-bond acceptors (Lipinski definition) is 4. The number of nitrogens with zero attached hydrogens (tertiary/aromatic N) is 1. The highest BCUT2D eigenvalue weighted by Crippen LogP contribution is 2.27. The van der Waals surface area contributed by atoms with Gasteiger partial charge in [0, 0.05) is 32.7 Å². The van der Waals surface area contributed by atoms with Crippen molar-refractivity contribution in [3.8, 4) is 0 Å². The van der Waals surface area contributed by atoms with Crippen LogP contribution in [-0.2, 0) is 19.1 Å². The number of esters is 1. The lowest BCUT2D eigenvalue weighted by Gasteiger charge is -2.25. The summed E-state index contributed by atoms with van der Waals surface area (Å²) in [4.78, 5) is 26.1. The van der Waals surface area contributed by atoms with Crippen LogP contribution in [0, 0.1) is 5.92 Å². The minimum atomic E-state index is -0.225.